The quantitative estimate of drug-likeness (QED) is 0.272. The second-order valence-electron chi connectivity index (χ2n) is 1.30. The van der Waals surface area contributed by atoms with E-state index in [0.29, 0.717) is 0 Å². The molecule has 50 valence electrons. The zero-order valence-corrected chi connectivity index (χ0v) is 4.15. The molecule has 0 aromatic carbocycles. The van der Waals surface area contributed by atoms with Gasteiger partial charge in [0.15, 0.2) is 0 Å². The average Bonchev–Trinajstić information content (AvgIpc) is 1.69. The second-order valence-corrected chi connectivity index (χ2v) is 1.30. The topological polar surface area (TPSA) is 83.6 Å². The number of rotatable bonds is 3. The van der Waals surface area contributed by atoms with Crippen LogP contribution >= 0.6 is 0 Å². The normalized spacial score (nSPS) is 8.78. The van der Waals surface area contributed by atoms with E-state index in [-0.39, 0.29) is 29.6 Å². The Balaban J connectivity index is 0. The fourth-order valence-corrected chi connectivity index (χ4v) is 0.191. The summed E-state index contributed by atoms with van der Waals surface area (Å²) in [5.74, 6) is 0. The van der Waals surface area contributed by atoms with Crippen molar-refractivity contribution in [2.75, 3.05) is 13.2 Å². The van der Waals surface area contributed by atoms with Crippen LogP contribution < -0.4 is 0 Å². The molecule has 0 amide bonds. The molecule has 0 radical (unpaired) electrons. The van der Waals surface area contributed by atoms with Crippen molar-refractivity contribution in [2.45, 2.75) is 6.04 Å². The third-order valence-electron chi connectivity index (χ3n) is 0.720. The van der Waals surface area contributed by atoms with Gasteiger partial charge in [0.25, 0.3) is 6.04 Å². The van der Waals surface area contributed by atoms with Gasteiger partial charge in [0.05, 0.1) is 0 Å². The summed E-state index contributed by atoms with van der Waals surface area (Å²) in [6.45, 7) is -1.22. The summed E-state index contributed by atoms with van der Waals surface area (Å²) in [6, 6.07) is -1.21. The molecule has 0 aromatic heterocycles. The van der Waals surface area contributed by atoms with Gasteiger partial charge in [-0.05, 0) is 0 Å². The molecule has 0 unspecified atom stereocenters. The molecule has 0 aromatic rings. The van der Waals surface area contributed by atoms with Gasteiger partial charge in [0, 0.05) is 4.92 Å². The molecule has 0 fully saturated rings. The summed E-state index contributed by atoms with van der Waals surface area (Å²) in [4.78, 5) is 8.92. The Labute approximate surface area is 74.1 Å². The summed E-state index contributed by atoms with van der Waals surface area (Å²) < 4.78 is 0. The number of nitro groups is 1. The van der Waals surface area contributed by atoms with Crippen LogP contribution in [0.3, 0.4) is 0 Å². The van der Waals surface area contributed by atoms with Crippen LogP contribution in [0.2, 0.25) is 0 Å². The minimum atomic E-state index is -1.21. The van der Waals surface area contributed by atoms with E-state index in [4.69, 9.17) is 10.2 Å². The molecule has 2 N–H and O–H groups in total. The molecule has 5 nitrogen and oxygen atoms in total. The fourth-order valence-electron chi connectivity index (χ4n) is 0.191. The molecule has 0 saturated heterocycles. The van der Waals surface area contributed by atoms with Crippen molar-refractivity contribution < 1.29 is 15.1 Å². The zero-order valence-electron chi connectivity index (χ0n) is 4.15. The Kier molecular flexibility index (Phi) is 8.62. The van der Waals surface area contributed by atoms with Crippen molar-refractivity contribution >= 4 is 29.6 Å². The summed E-state index contributed by atoms with van der Waals surface area (Å²) in [5, 5.41) is 25.8. The van der Waals surface area contributed by atoms with Gasteiger partial charge in [0.1, 0.15) is 13.2 Å². The van der Waals surface area contributed by atoms with E-state index in [2.05, 4.69) is 0 Å². The summed E-state index contributed by atoms with van der Waals surface area (Å²) in [7, 11) is 0. The van der Waals surface area contributed by atoms with E-state index in [9.17, 15) is 10.1 Å². The Morgan fingerprint density at radius 3 is 1.78 bits per heavy atom. The Hall–Kier alpha value is 0.320. The number of aliphatic hydroxyl groups is 2. The SMILES string of the molecule is O=[N+]([O-])C(CO)CO.[NaH]. The van der Waals surface area contributed by atoms with Gasteiger partial charge in [-0.15, -0.1) is 0 Å². The maximum atomic E-state index is 9.65. The standard InChI is InChI=1S/C3H7NO4.Na.H/c5-1-3(2-6)4(7)8;;/h3,5-6H,1-2H2;;. The third-order valence-corrected chi connectivity index (χ3v) is 0.720. The molecule has 0 saturated carbocycles. The minimum absolute atomic E-state index is 0. The molecule has 0 rings (SSSR count). The van der Waals surface area contributed by atoms with Crippen LogP contribution in [0.1, 0.15) is 0 Å². The van der Waals surface area contributed by atoms with Gasteiger partial charge >= 0.3 is 29.6 Å². The predicted molar refractivity (Wildman–Crippen MR) is 32.1 cm³/mol. The number of aliphatic hydroxyl groups excluding tert-OH is 2. The Bertz CT molecular complexity index is 83.9. The molecule has 0 aliphatic heterocycles. The van der Waals surface area contributed by atoms with Gasteiger partial charge in [-0.3, -0.25) is 10.1 Å². The van der Waals surface area contributed by atoms with Crippen molar-refractivity contribution in [3.05, 3.63) is 10.1 Å². The van der Waals surface area contributed by atoms with Crippen molar-refractivity contribution in [1.29, 1.82) is 0 Å². The van der Waals surface area contributed by atoms with E-state index in [1.54, 1.807) is 0 Å². The van der Waals surface area contributed by atoms with Crippen molar-refractivity contribution in [2.24, 2.45) is 0 Å². The average molecular weight is 145 g/mol. The summed E-state index contributed by atoms with van der Waals surface area (Å²) in [5.41, 5.74) is 0. The number of nitrogens with zero attached hydrogens (tertiary/aromatic N) is 1. The van der Waals surface area contributed by atoms with Crippen molar-refractivity contribution in [1.82, 2.24) is 0 Å². The van der Waals surface area contributed by atoms with Crippen LogP contribution in [-0.2, 0) is 0 Å². The predicted octanol–water partition coefficient (Wildman–Crippen LogP) is -2.03. The van der Waals surface area contributed by atoms with Crippen LogP contribution in [0.25, 0.3) is 0 Å². The van der Waals surface area contributed by atoms with E-state index < -0.39 is 24.2 Å². The van der Waals surface area contributed by atoms with Crippen LogP contribution in [0.15, 0.2) is 0 Å². The molecule has 0 bridgehead atoms. The van der Waals surface area contributed by atoms with Gasteiger partial charge < -0.3 is 10.2 Å². The summed E-state index contributed by atoms with van der Waals surface area (Å²) in [6.07, 6.45) is 0. The molecule has 6 heteroatoms. The molecular formula is C3H8NNaO4. The van der Waals surface area contributed by atoms with Crippen LogP contribution in [0, 0.1) is 10.1 Å². The van der Waals surface area contributed by atoms with E-state index in [0.717, 1.165) is 0 Å². The molecule has 0 aliphatic carbocycles. The molecular weight excluding hydrogens is 137 g/mol. The van der Waals surface area contributed by atoms with Gasteiger partial charge in [0.2, 0.25) is 0 Å². The first-order valence-electron chi connectivity index (χ1n) is 2.07. The van der Waals surface area contributed by atoms with Gasteiger partial charge in [-0.1, -0.05) is 0 Å². The van der Waals surface area contributed by atoms with Gasteiger partial charge in [-0.25, -0.2) is 0 Å². The van der Waals surface area contributed by atoms with Crippen molar-refractivity contribution in [3.8, 4) is 0 Å². The maximum absolute atomic E-state index is 9.65. The first-order chi connectivity index (χ1) is 3.72. The van der Waals surface area contributed by atoms with Crippen LogP contribution in [0.4, 0.5) is 0 Å². The van der Waals surface area contributed by atoms with Crippen LogP contribution in [-0.4, -0.2) is 63.9 Å². The summed E-state index contributed by atoms with van der Waals surface area (Å²) >= 11 is 0. The second kappa shape index (κ2) is 6.44. The Morgan fingerprint density at radius 1 is 1.44 bits per heavy atom. The molecule has 9 heavy (non-hydrogen) atoms. The van der Waals surface area contributed by atoms with Crippen molar-refractivity contribution in [3.63, 3.8) is 0 Å². The molecule has 0 spiro atoms. The third kappa shape index (κ3) is 4.80. The van der Waals surface area contributed by atoms with Gasteiger partial charge in [-0.2, -0.15) is 0 Å². The number of hydrogen-bond acceptors (Lipinski definition) is 4. The fraction of sp³-hybridized carbons (Fsp3) is 1.00. The molecule has 0 aliphatic rings. The van der Waals surface area contributed by atoms with E-state index in [1.165, 1.54) is 0 Å². The Morgan fingerprint density at radius 2 is 1.78 bits per heavy atom. The molecule has 0 heterocycles. The van der Waals surface area contributed by atoms with E-state index >= 15 is 0 Å². The van der Waals surface area contributed by atoms with E-state index in [1.807, 2.05) is 0 Å². The molecule has 0 atom stereocenters. The first-order valence-corrected chi connectivity index (χ1v) is 2.07. The van der Waals surface area contributed by atoms with Crippen LogP contribution in [0.5, 0.6) is 0 Å². The monoisotopic (exact) mass is 145 g/mol. The first kappa shape index (κ1) is 12.0. The number of hydrogen-bond donors (Lipinski definition) is 2. The zero-order chi connectivity index (χ0) is 6.57.